The lowest BCUT2D eigenvalue weighted by molar-refractivity contribution is 0.0929. The number of benzene rings is 3. The van der Waals surface area contributed by atoms with Crippen molar-refractivity contribution in [3.8, 4) is 11.5 Å². The molecule has 1 amide bonds. The summed E-state index contributed by atoms with van der Waals surface area (Å²) in [6.07, 6.45) is 3.96. The van der Waals surface area contributed by atoms with E-state index in [1.807, 2.05) is 61.5 Å². The number of rotatable bonds is 10. The molecule has 0 aliphatic heterocycles. The maximum absolute atomic E-state index is 12.5. The fraction of sp³-hybridized carbons (Fsp3) is 0.143. The van der Waals surface area contributed by atoms with E-state index in [2.05, 4.69) is 55.6 Å². The molecule has 0 atom stereocenters. The predicted octanol–water partition coefficient (Wildman–Crippen LogP) is 7.27. The van der Waals surface area contributed by atoms with Gasteiger partial charge in [0.15, 0.2) is 17.3 Å². The number of hydrogen-bond donors (Lipinski definition) is 1. The minimum atomic E-state index is -0.438. The molecule has 0 aliphatic rings. The molecule has 1 aromatic heterocycles. The van der Waals surface area contributed by atoms with E-state index in [4.69, 9.17) is 13.9 Å². The Balaban J connectivity index is 1.52. The molecule has 0 aliphatic carbocycles. The molecule has 6 nitrogen and oxygen atoms in total. The first-order valence-corrected chi connectivity index (χ1v) is 13.1. The average molecular weight is 659 g/mol. The Morgan fingerprint density at radius 3 is 2.69 bits per heavy atom. The molecule has 0 fully saturated rings. The van der Waals surface area contributed by atoms with Crippen LogP contribution >= 0.6 is 38.5 Å². The Labute approximate surface area is 231 Å². The van der Waals surface area contributed by atoms with Gasteiger partial charge < -0.3 is 13.9 Å². The fourth-order valence-corrected chi connectivity index (χ4v) is 4.31. The van der Waals surface area contributed by atoms with Crippen LogP contribution < -0.4 is 14.9 Å². The van der Waals surface area contributed by atoms with Crippen molar-refractivity contribution in [1.29, 1.82) is 0 Å². The first-order chi connectivity index (χ1) is 17.5. The van der Waals surface area contributed by atoms with Crippen LogP contribution in [0, 0.1) is 3.57 Å². The van der Waals surface area contributed by atoms with Gasteiger partial charge in [0.25, 0.3) is 0 Å². The maximum Gasteiger partial charge on any atom is 0.307 e. The van der Waals surface area contributed by atoms with Crippen LogP contribution in [0.3, 0.4) is 0 Å². The Bertz CT molecular complexity index is 1410. The zero-order valence-electron chi connectivity index (χ0n) is 19.6. The molecule has 1 N–H and O–H groups in total. The monoisotopic (exact) mass is 658 g/mol. The van der Waals surface area contributed by atoms with Gasteiger partial charge in [-0.3, -0.25) is 4.79 Å². The van der Waals surface area contributed by atoms with Gasteiger partial charge in [-0.25, -0.2) is 5.43 Å². The van der Waals surface area contributed by atoms with E-state index in [0.29, 0.717) is 36.7 Å². The molecule has 0 saturated carbocycles. The van der Waals surface area contributed by atoms with Crippen molar-refractivity contribution in [1.82, 2.24) is 5.43 Å². The Hall–Kier alpha value is -3.11. The first kappa shape index (κ1) is 26.0. The topological polar surface area (TPSA) is 73.1 Å². The van der Waals surface area contributed by atoms with Gasteiger partial charge in [-0.1, -0.05) is 34.1 Å². The molecular weight excluding hydrogens is 635 g/mol. The van der Waals surface area contributed by atoms with Gasteiger partial charge in [0.1, 0.15) is 12.2 Å². The van der Waals surface area contributed by atoms with Gasteiger partial charge in [-0.15, -0.1) is 6.58 Å². The predicted molar refractivity (Wildman–Crippen MR) is 154 cm³/mol. The average Bonchev–Trinajstić information content (AvgIpc) is 3.28. The second-order valence-corrected chi connectivity index (χ2v) is 10.0. The van der Waals surface area contributed by atoms with E-state index in [9.17, 15) is 4.79 Å². The number of allylic oxidation sites excluding steroid dienone is 1. The van der Waals surface area contributed by atoms with Gasteiger partial charge in [-0.2, -0.15) is 5.10 Å². The third kappa shape index (κ3) is 6.55. The van der Waals surface area contributed by atoms with Gasteiger partial charge in [0.05, 0.1) is 12.8 Å². The quantitative estimate of drug-likeness (QED) is 0.0842. The molecule has 184 valence electrons. The third-order valence-electron chi connectivity index (χ3n) is 5.20. The fourth-order valence-electron chi connectivity index (χ4n) is 3.57. The van der Waals surface area contributed by atoms with Crippen molar-refractivity contribution in [2.45, 2.75) is 20.0 Å². The number of fused-ring (bicyclic) bond motifs is 1. The van der Waals surface area contributed by atoms with Crippen LogP contribution in [0.15, 0.2) is 87.3 Å². The lowest BCUT2D eigenvalue weighted by atomic mass is 10.1. The van der Waals surface area contributed by atoms with E-state index in [1.54, 1.807) is 18.3 Å². The molecule has 4 rings (SSSR count). The number of hydrazone groups is 1. The molecular formula is C28H24BrIN2O4. The minimum Gasteiger partial charge on any atom is -0.490 e. The maximum atomic E-state index is 12.5. The van der Waals surface area contributed by atoms with E-state index in [0.717, 1.165) is 26.5 Å². The lowest BCUT2D eigenvalue weighted by Crippen LogP contribution is -2.16. The summed E-state index contributed by atoms with van der Waals surface area (Å²) in [5.74, 6) is 1.03. The molecule has 0 bridgehead atoms. The van der Waals surface area contributed by atoms with Gasteiger partial charge >= 0.3 is 5.91 Å². The molecule has 1 heterocycles. The van der Waals surface area contributed by atoms with Crippen LogP contribution in [-0.4, -0.2) is 18.7 Å². The third-order valence-corrected chi connectivity index (χ3v) is 6.41. The number of amides is 1. The van der Waals surface area contributed by atoms with Crippen LogP contribution in [0.5, 0.6) is 11.5 Å². The van der Waals surface area contributed by atoms with Gasteiger partial charge in [0, 0.05) is 19.0 Å². The van der Waals surface area contributed by atoms with Crippen molar-refractivity contribution >= 4 is 61.6 Å². The van der Waals surface area contributed by atoms with Crippen molar-refractivity contribution in [3.05, 3.63) is 104 Å². The smallest absolute Gasteiger partial charge is 0.307 e. The SMILES string of the molecule is C=CCc1cc(/C=N/NC(=O)c2cc3cc(Br)ccc3o2)cc(OCC)c1OCc1ccc(I)cc1. The number of halogens is 2. The molecule has 8 heteroatoms. The normalized spacial score (nSPS) is 11.1. The summed E-state index contributed by atoms with van der Waals surface area (Å²) in [5, 5.41) is 4.95. The highest BCUT2D eigenvalue weighted by Crippen LogP contribution is 2.34. The largest absolute Gasteiger partial charge is 0.490 e. The summed E-state index contributed by atoms with van der Waals surface area (Å²) in [6, 6.07) is 19.2. The lowest BCUT2D eigenvalue weighted by Gasteiger charge is -2.17. The Morgan fingerprint density at radius 2 is 1.94 bits per heavy atom. The number of carbonyl (C=O) groups excluding carboxylic acids is 1. The number of hydrogen-bond acceptors (Lipinski definition) is 5. The second-order valence-electron chi connectivity index (χ2n) is 7.84. The van der Waals surface area contributed by atoms with E-state index < -0.39 is 5.91 Å². The van der Waals surface area contributed by atoms with E-state index in [-0.39, 0.29) is 5.76 Å². The molecule has 3 aromatic carbocycles. The number of carbonyl (C=O) groups is 1. The van der Waals surface area contributed by atoms with Crippen molar-refractivity contribution in [2.75, 3.05) is 6.61 Å². The summed E-state index contributed by atoms with van der Waals surface area (Å²) in [5.41, 5.74) is 5.89. The number of ether oxygens (including phenoxy) is 2. The zero-order valence-corrected chi connectivity index (χ0v) is 23.3. The highest BCUT2D eigenvalue weighted by Gasteiger charge is 2.14. The number of nitrogens with one attached hydrogen (secondary N) is 1. The zero-order chi connectivity index (χ0) is 25.5. The summed E-state index contributed by atoms with van der Waals surface area (Å²) >= 11 is 5.70. The van der Waals surface area contributed by atoms with Crippen molar-refractivity contribution < 1.29 is 18.7 Å². The van der Waals surface area contributed by atoms with Gasteiger partial charge in [0.2, 0.25) is 0 Å². The molecule has 4 aromatic rings. The highest BCUT2D eigenvalue weighted by molar-refractivity contribution is 14.1. The van der Waals surface area contributed by atoms with Crippen LogP contribution in [-0.2, 0) is 13.0 Å². The minimum absolute atomic E-state index is 0.182. The number of nitrogens with zero attached hydrogens (tertiary/aromatic N) is 1. The standard InChI is InChI=1S/C28H24BrIN2O4/c1-3-5-20-12-19(13-25(34-4-2)27(20)35-17-18-6-9-23(30)10-7-18)16-31-32-28(33)26-15-21-14-22(29)8-11-24(21)36-26/h3,6-16H,1,4-5,17H2,2H3,(H,32,33)/b31-16+. The van der Waals surface area contributed by atoms with Gasteiger partial charge in [-0.05, 0) is 95.6 Å². The van der Waals surface area contributed by atoms with Crippen molar-refractivity contribution in [3.63, 3.8) is 0 Å². The van der Waals surface area contributed by atoms with Crippen molar-refractivity contribution in [2.24, 2.45) is 5.10 Å². The summed E-state index contributed by atoms with van der Waals surface area (Å²) in [4.78, 5) is 12.5. The second kappa shape index (κ2) is 12.2. The summed E-state index contributed by atoms with van der Waals surface area (Å²) in [6.45, 7) is 6.69. The summed E-state index contributed by atoms with van der Waals surface area (Å²) in [7, 11) is 0. The molecule has 36 heavy (non-hydrogen) atoms. The van der Waals surface area contributed by atoms with Crippen LogP contribution in [0.25, 0.3) is 11.0 Å². The first-order valence-electron chi connectivity index (χ1n) is 11.3. The highest BCUT2D eigenvalue weighted by atomic mass is 127. The van der Waals surface area contributed by atoms with Crippen LogP contribution in [0.1, 0.15) is 34.2 Å². The van der Waals surface area contributed by atoms with Crippen LogP contribution in [0.2, 0.25) is 0 Å². The van der Waals surface area contributed by atoms with E-state index >= 15 is 0 Å². The van der Waals surface area contributed by atoms with E-state index in [1.165, 1.54) is 3.57 Å². The molecule has 0 saturated heterocycles. The Morgan fingerprint density at radius 1 is 1.14 bits per heavy atom. The molecule has 0 spiro atoms. The molecule has 0 unspecified atom stereocenters. The summed E-state index contributed by atoms with van der Waals surface area (Å²) < 4.78 is 19.8. The Kier molecular flexibility index (Phi) is 8.82. The molecule has 0 radical (unpaired) electrons. The van der Waals surface area contributed by atoms with Crippen LogP contribution in [0.4, 0.5) is 0 Å². The number of furan rings is 1.